The molecule has 3 aromatic heterocycles. The Morgan fingerprint density at radius 1 is 0.339 bits per heavy atom. The number of fused-ring (bicyclic) bond motifs is 6. The summed E-state index contributed by atoms with van der Waals surface area (Å²) in [4.78, 5) is 15.3. The van der Waals surface area contributed by atoms with Crippen molar-refractivity contribution in [1.29, 1.82) is 0 Å². The first-order valence-electron chi connectivity index (χ1n) is 18.8. The van der Waals surface area contributed by atoms with Crippen LogP contribution >= 0.6 is 0 Å². The molecule has 11 aromatic rings. The Morgan fingerprint density at radius 2 is 0.839 bits per heavy atom. The molecule has 0 bridgehead atoms. The molecular weight excluding hydrogens is 685 g/mol. The minimum atomic E-state index is 0.585. The number of nitrogens with zero attached hydrogens (tertiary/aromatic N) is 4. The lowest BCUT2D eigenvalue weighted by molar-refractivity contribution is 0.669. The van der Waals surface area contributed by atoms with E-state index in [2.05, 4.69) is 126 Å². The standard InChI is InChI=1S/C51H32N4O/c1-4-16-33(17-5-1)36-22-14-23-37(30-36)42-31-38(55-43-27-12-10-24-39(43)40-25-11-13-28-44(40)55)32-46-48(42)47-41(26-15-29-45(47)56-46)51-53-49(34-18-6-2-7-19-34)52-50(54-51)35-20-8-3-9-21-35/h1-32H. The van der Waals surface area contributed by atoms with Gasteiger partial charge in [-0.3, -0.25) is 0 Å². The van der Waals surface area contributed by atoms with Crippen LogP contribution in [-0.2, 0) is 0 Å². The first-order chi connectivity index (χ1) is 27.8. The van der Waals surface area contributed by atoms with Gasteiger partial charge in [0, 0.05) is 44.3 Å². The van der Waals surface area contributed by atoms with E-state index in [0.717, 1.165) is 77.6 Å². The summed E-state index contributed by atoms with van der Waals surface area (Å²) >= 11 is 0. The number of hydrogen-bond donors (Lipinski definition) is 0. The van der Waals surface area contributed by atoms with Crippen LogP contribution in [0.2, 0.25) is 0 Å². The lowest BCUT2D eigenvalue weighted by Crippen LogP contribution is -2.00. The molecule has 0 fully saturated rings. The van der Waals surface area contributed by atoms with Gasteiger partial charge in [-0.15, -0.1) is 0 Å². The van der Waals surface area contributed by atoms with Crippen molar-refractivity contribution in [2.24, 2.45) is 0 Å². The highest BCUT2D eigenvalue weighted by Gasteiger charge is 2.22. The van der Waals surface area contributed by atoms with Crippen molar-refractivity contribution in [2.45, 2.75) is 0 Å². The lowest BCUT2D eigenvalue weighted by Gasteiger charge is -2.14. The Hall–Kier alpha value is -7.63. The van der Waals surface area contributed by atoms with Gasteiger partial charge >= 0.3 is 0 Å². The number of hydrogen-bond acceptors (Lipinski definition) is 4. The second kappa shape index (κ2) is 13.0. The van der Waals surface area contributed by atoms with Crippen LogP contribution in [0, 0.1) is 0 Å². The molecule has 0 amide bonds. The molecular formula is C51H32N4O. The Morgan fingerprint density at radius 3 is 1.48 bits per heavy atom. The van der Waals surface area contributed by atoms with E-state index in [1.165, 1.54) is 10.8 Å². The van der Waals surface area contributed by atoms with Crippen LogP contribution in [0.3, 0.4) is 0 Å². The minimum Gasteiger partial charge on any atom is -0.456 e. The van der Waals surface area contributed by atoms with Gasteiger partial charge in [0.1, 0.15) is 11.2 Å². The molecule has 0 spiro atoms. The predicted octanol–water partition coefficient (Wildman–Crippen LogP) is 13.2. The molecule has 3 heterocycles. The van der Waals surface area contributed by atoms with Crippen LogP contribution in [0.4, 0.5) is 0 Å². The molecule has 5 heteroatoms. The maximum absolute atomic E-state index is 6.90. The fourth-order valence-corrected chi connectivity index (χ4v) is 8.10. The van der Waals surface area contributed by atoms with E-state index in [9.17, 15) is 0 Å². The van der Waals surface area contributed by atoms with Crippen molar-refractivity contribution >= 4 is 43.7 Å². The van der Waals surface area contributed by atoms with Crippen LogP contribution in [0.1, 0.15) is 0 Å². The van der Waals surface area contributed by atoms with Gasteiger partial charge in [0.15, 0.2) is 17.5 Å². The van der Waals surface area contributed by atoms with Gasteiger partial charge in [0.2, 0.25) is 0 Å². The van der Waals surface area contributed by atoms with E-state index >= 15 is 0 Å². The van der Waals surface area contributed by atoms with Crippen molar-refractivity contribution in [1.82, 2.24) is 19.5 Å². The van der Waals surface area contributed by atoms with Gasteiger partial charge in [-0.1, -0.05) is 158 Å². The maximum Gasteiger partial charge on any atom is 0.164 e. The van der Waals surface area contributed by atoms with Crippen molar-refractivity contribution < 1.29 is 4.42 Å². The predicted molar refractivity (Wildman–Crippen MR) is 229 cm³/mol. The molecule has 56 heavy (non-hydrogen) atoms. The summed E-state index contributed by atoms with van der Waals surface area (Å²) in [5.41, 5.74) is 12.0. The number of furan rings is 1. The molecule has 0 saturated heterocycles. The second-order valence-electron chi connectivity index (χ2n) is 14.0. The summed E-state index contributed by atoms with van der Waals surface area (Å²) in [6.07, 6.45) is 0. The molecule has 0 radical (unpaired) electrons. The molecule has 262 valence electrons. The van der Waals surface area contributed by atoms with Gasteiger partial charge in [-0.05, 0) is 52.6 Å². The summed E-state index contributed by atoms with van der Waals surface area (Å²) in [6, 6.07) is 67.4. The molecule has 0 aliphatic heterocycles. The van der Waals surface area contributed by atoms with E-state index in [4.69, 9.17) is 19.4 Å². The average molecular weight is 717 g/mol. The van der Waals surface area contributed by atoms with Crippen LogP contribution in [-0.4, -0.2) is 19.5 Å². The van der Waals surface area contributed by atoms with Gasteiger partial charge in [-0.2, -0.15) is 0 Å². The van der Waals surface area contributed by atoms with E-state index in [1.54, 1.807) is 0 Å². The molecule has 0 unspecified atom stereocenters. The third-order valence-corrected chi connectivity index (χ3v) is 10.6. The highest BCUT2D eigenvalue weighted by molar-refractivity contribution is 6.18. The molecule has 0 N–H and O–H groups in total. The van der Waals surface area contributed by atoms with Crippen molar-refractivity contribution in [3.8, 4) is 62.1 Å². The van der Waals surface area contributed by atoms with Crippen molar-refractivity contribution in [2.75, 3.05) is 0 Å². The van der Waals surface area contributed by atoms with Crippen LogP contribution in [0.15, 0.2) is 199 Å². The fraction of sp³-hybridized carbons (Fsp3) is 0. The highest BCUT2D eigenvalue weighted by atomic mass is 16.3. The van der Waals surface area contributed by atoms with Gasteiger partial charge in [-0.25, -0.2) is 15.0 Å². The number of para-hydroxylation sites is 2. The van der Waals surface area contributed by atoms with E-state index in [-0.39, 0.29) is 0 Å². The first kappa shape index (κ1) is 31.9. The lowest BCUT2D eigenvalue weighted by atomic mass is 9.94. The fourth-order valence-electron chi connectivity index (χ4n) is 8.10. The monoisotopic (exact) mass is 716 g/mol. The zero-order chi connectivity index (χ0) is 37.0. The minimum absolute atomic E-state index is 0.585. The molecule has 5 nitrogen and oxygen atoms in total. The topological polar surface area (TPSA) is 56.7 Å². The van der Waals surface area contributed by atoms with E-state index in [1.807, 2.05) is 72.8 Å². The molecule has 0 atom stereocenters. The number of rotatable bonds is 6. The van der Waals surface area contributed by atoms with Gasteiger partial charge in [0.05, 0.1) is 16.7 Å². The molecule has 0 aliphatic carbocycles. The van der Waals surface area contributed by atoms with E-state index in [0.29, 0.717) is 17.5 Å². The van der Waals surface area contributed by atoms with Crippen LogP contribution in [0.25, 0.3) is 106 Å². The van der Waals surface area contributed by atoms with Crippen LogP contribution in [0.5, 0.6) is 0 Å². The third-order valence-electron chi connectivity index (χ3n) is 10.6. The highest BCUT2D eigenvalue weighted by Crippen LogP contribution is 2.44. The number of benzene rings is 8. The molecule has 11 rings (SSSR count). The normalized spacial score (nSPS) is 11.6. The van der Waals surface area contributed by atoms with Gasteiger partial charge < -0.3 is 8.98 Å². The molecule has 0 aliphatic rings. The zero-order valence-corrected chi connectivity index (χ0v) is 30.2. The Bertz CT molecular complexity index is 3130. The maximum atomic E-state index is 6.90. The van der Waals surface area contributed by atoms with Crippen LogP contribution < -0.4 is 0 Å². The Kier molecular flexibility index (Phi) is 7.42. The second-order valence-corrected chi connectivity index (χ2v) is 14.0. The van der Waals surface area contributed by atoms with E-state index < -0.39 is 0 Å². The number of aromatic nitrogens is 4. The average Bonchev–Trinajstić information content (AvgIpc) is 3.83. The molecule has 8 aromatic carbocycles. The quantitative estimate of drug-likeness (QED) is 0.172. The van der Waals surface area contributed by atoms with Crippen molar-refractivity contribution in [3.05, 3.63) is 194 Å². The Balaban J connectivity index is 1.22. The summed E-state index contributed by atoms with van der Waals surface area (Å²) in [5, 5.41) is 4.39. The summed E-state index contributed by atoms with van der Waals surface area (Å²) in [7, 11) is 0. The summed E-state index contributed by atoms with van der Waals surface area (Å²) in [5.74, 6) is 1.81. The Labute approximate surface area is 322 Å². The van der Waals surface area contributed by atoms with Gasteiger partial charge in [0.25, 0.3) is 0 Å². The molecule has 0 saturated carbocycles. The largest absolute Gasteiger partial charge is 0.456 e. The summed E-state index contributed by atoms with van der Waals surface area (Å²) in [6.45, 7) is 0. The zero-order valence-electron chi connectivity index (χ0n) is 30.2. The third kappa shape index (κ3) is 5.29. The SMILES string of the molecule is c1ccc(-c2cccc(-c3cc(-n4c5ccccc5c5ccccc54)cc4oc5cccc(-c6nc(-c7ccccc7)nc(-c7ccccc7)n6)c5c34)c2)cc1. The first-order valence-corrected chi connectivity index (χ1v) is 18.8. The smallest absolute Gasteiger partial charge is 0.164 e. The van der Waals surface area contributed by atoms with Crippen molar-refractivity contribution in [3.63, 3.8) is 0 Å². The summed E-state index contributed by atoms with van der Waals surface area (Å²) < 4.78 is 9.25.